The molecule has 4 aromatic carbocycles. The summed E-state index contributed by atoms with van der Waals surface area (Å²) in [6, 6.07) is 30.2. The Kier molecular flexibility index (Phi) is 17.8. The number of nitrogens with zero attached hydrogens (tertiary/aromatic N) is 2. The zero-order valence-electron chi connectivity index (χ0n) is 37.7. The molecule has 56 heavy (non-hydrogen) atoms. The van der Waals surface area contributed by atoms with E-state index < -0.39 is 8.07 Å². The number of hydrogen-bond acceptors (Lipinski definition) is 2. The van der Waals surface area contributed by atoms with Crippen LogP contribution in [-0.4, -0.2) is 8.07 Å². The van der Waals surface area contributed by atoms with Gasteiger partial charge in [-0.15, -0.1) is 11.4 Å². The molecule has 0 saturated heterocycles. The van der Waals surface area contributed by atoms with Gasteiger partial charge < -0.3 is 35.9 Å². The molecule has 0 aromatic heterocycles. The third kappa shape index (κ3) is 12.8. The second-order valence-corrected chi connectivity index (χ2v) is 25.2. The summed E-state index contributed by atoms with van der Waals surface area (Å²) < 4.78 is 0. The van der Waals surface area contributed by atoms with Gasteiger partial charge in [0.1, 0.15) is 0 Å². The van der Waals surface area contributed by atoms with Crippen molar-refractivity contribution in [3.8, 4) is 0 Å². The molecule has 4 rings (SSSR count). The maximum absolute atomic E-state index is 6.03. The van der Waals surface area contributed by atoms with Gasteiger partial charge in [0.15, 0.2) is 0 Å². The van der Waals surface area contributed by atoms with E-state index in [-0.39, 0.29) is 38.2 Å². The number of hydrogen-bond donors (Lipinski definition) is 0. The number of para-hydroxylation sites is 2. The van der Waals surface area contributed by atoms with Gasteiger partial charge in [-0.1, -0.05) is 236 Å². The van der Waals surface area contributed by atoms with E-state index in [1.807, 2.05) is 18.2 Å². The predicted molar refractivity (Wildman–Crippen MR) is 253 cm³/mol. The van der Waals surface area contributed by atoms with Gasteiger partial charge in [0.05, 0.1) is 8.07 Å². The Morgan fingerprint density at radius 1 is 0.482 bits per heavy atom. The van der Waals surface area contributed by atoms with Crippen molar-refractivity contribution in [2.24, 2.45) is 0 Å². The summed E-state index contributed by atoms with van der Waals surface area (Å²) in [5.74, 6) is 0. The van der Waals surface area contributed by atoms with Gasteiger partial charge in [-0.2, -0.15) is 21.2 Å². The van der Waals surface area contributed by atoms with Crippen LogP contribution in [0.4, 0.5) is 22.7 Å². The molecule has 4 aromatic rings. The summed E-state index contributed by atoms with van der Waals surface area (Å²) in [4.78, 5) is 1.78. The van der Waals surface area contributed by atoms with E-state index >= 15 is 0 Å². The molecule has 0 aliphatic rings. The molecule has 0 fully saturated rings. The van der Waals surface area contributed by atoms with Crippen molar-refractivity contribution < 1.29 is 16.5 Å². The minimum Gasteiger partial charge on any atom is -0.781 e. The molecule has 0 amide bonds. The Labute approximate surface area is 366 Å². The maximum atomic E-state index is 6.03. The minimum absolute atomic E-state index is 0. The first-order valence-corrected chi connectivity index (χ1v) is 24.1. The van der Waals surface area contributed by atoms with E-state index in [2.05, 4.69) is 165 Å². The molecule has 0 aliphatic heterocycles. The SMILES string of the molecule is CCC[Si](CCC)(CCC)c1ccccc1[N-]c1cc(C(C)(C)C)cc(C(C)(C)C)c1[S-].Cc1ccccc1[N-]c1cc(C(C)(C)C)cc(C(C)(C)C)c1[S-].[Ni]. The minimum atomic E-state index is -1.62. The molecule has 0 bridgehead atoms. The number of aryl methyl sites for hydroxylation is 1. The Morgan fingerprint density at radius 2 is 0.839 bits per heavy atom. The van der Waals surface area contributed by atoms with E-state index in [0.29, 0.717) is 0 Å². The first-order chi connectivity index (χ1) is 25.4. The van der Waals surface area contributed by atoms with Gasteiger partial charge >= 0.3 is 0 Å². The monoisotopic (exact) mass is 850 g/mol. The molecular formula is C50H72N2NiS2Si-4. The Balaban J connectivity index is 0.000000399. The van der Waals surface area contributed by atoms with Gasteiger partial charge in [-0.3, -0.25) is 0 Å². The quantitative estimate of drug-likeness (QED) is 0.111. The largest absolute Gasteiger partial charge is 0.781 e. The van der Waals surface area contributed by atoms with Gasteiger partial charge in [-0.05, 0) is 39.7 Å². The van der Waals surface area contributed by atoms with E-state index in [4.69, 9.17) is 35.9 Å². The van der Waals surface area contributed by atoms with Gasteiger partial charge in [0.25, 0.3) is 0 Å². The van der Waals surface area contributed by atoms with E-state index in [0.717, 1.165) is 32.5 Å². The van der Waals surface area contributed by atoms with Crippen LogP contribution in [0.5, 0.6) is 0 Å². The molecule has 0 N–H and O–H groups in total. The standard InChI is InChI=1S/C29H46NSSi.C21H28NS.Ni/c1-10-17-32(18-11-2,19-12-3)26-16-14-13-15-24(26)30-25-21-22(28(4,5)6)20-23(27(25)31)29(7,8)9;1-14-10-8-9-11-17(14)22-18-13-15(20(2,3)4)12-16(19(18)23)21(5,6)7;/h13-16,20-21,31H,10-12,17-19H2,1-9H3;8-13,23H,1-7H3;/q2*-1;/p-2. The predicted octanol–water partition coefficient (Wildman–Crippen LogP) is 16.2. The maximum Gasteiger partial charge on any atom is 0.0850 e. The molecule has 0 saturated carbocycles. The third-order valence-corrected chi connectivity index (χ3v) is 17.5. The zero-order chi connectivity index (χ0) is 41.6. The summed E-state index contributed by atoms with van der Waals surface area (Å²) in [7, 11) is -1.62. The van der Waals surface area contributed by atoms with Crippen LogP contribution in [0.2, 0.25) is 18.1 Å². The van der Waals surface area contributed by atoms with Gasteiger partial charge in [0, 0.05) is 16.5 Å². The van der Waals surface area contributed by atoms with E-state index in [1.165, 1.54) is 65.2 Å². The van der Waals surface area contributed by atoms with Crippen LogP contribution in [0.1, 0.15) is 151 Å². The molecule has 6 heteroatoms. The van der Waals surface area contributed by atoms with Crippen molar-refractivity contribution >= 4 is 61.3 Å². The molecule has 2 nitrogen and oxygen atoms in total. The fourth-order valence-electron chi connectivity index (χ4n) is 7.56. The molecule has 0 aliphatic carbocycles. The normalized spacial score (nSPS) is 12.4. The van der Waals surface area contributed by atoms with Crippen LogP contribution >= 0.6 is 0 Å². The van der Waals surface area contributed by atoms with Crippen molar-refractivity contribution in [3.63, 3.8) is 0 Å². The van der Waals surface area contributed by atoms with Gasteiger partial charge in [-0.25, -0.2) is 0 Å². The zero-order valence-corrected chi connectivity index (χ0v) is 41.3. The molecular weight excluding hydrogens is 779 g/mol. The first-order valence-electron chi connectivity index (χ1n) is 20.7. The first kappa shape index (κ1) is 49.8. The summed E-state index contributed by atoms with van der Waals surface area (Å²) in [5, 5.41) is 11.8. The Hall–Kier alpha value is -2.37. The second kappa shape index (κ2) is 20.1. The van der Waals surface area contributed by atoms with Crippen molar-refractivity contribution in [2.45, 2.75) is 180 Å². The average molecular weight is 852 g/mol. The summed E-state index contributed by atoms with van der Waals surface area (Å²) in [5.41, 5.74) is 10.3. The molecule has 0 radical (unpaired) electrons. The molecule has 312 valence electrons. The summed E-state index contributed by atoms with van der Waals surface area (Å²) >= 11 is 11.8. The van der Waals surface area contributed by atoms with Crippen molar-refractivity contribution in [1.29, 1.82) is 0 Å². The molecule has 0 atom stereocenters. The number of rotatable bonds is 11. The van der Waals surface area contributed by atoms with Crippen molar-refractivity contribution in [1.82, 2.24) is 0 Å². The second-order valence-electron chi connectivity index (χ2n) is 19.8. The average Bonchev–Trinajstić information content (AvgIpc) is 3.06. The van der Waals surface area contributed by atoms with Crippen molar-refractivity contribution in [3.05, 3.63) is 111 Å². The third-order valence-electron chi connectivity index (χ3n) is 10.7. The van der Waals surface area contributed by atoms with Crippen LogP contribution in [-0.2, 0) is 63.4 Å². The smallest absolute Gasteiger partial charge is 0.0850 e. The van der Waals surface area contributed by atoms with Crippen molar-refractivity contribution in [2.75, 3.05) is 0 Å². The van der Waals surface area contributed by atoms with Crippen LogP contribution in [0, 0.1) is 6.92 Å². The Bertz CT molecular complexity index is 1860. The summed E-state index contributed by atoms with van der Waals surface area (Å²) in [6.07, 6.45) is 3.75. The van der Waals surface area contributed by atoms with E-state index in [9.17, 15) is 0 Å². The number of benzene rings is 4. The van der Waals surface area contributed by atoms with Crippen LogP contribution in [0.25, 0.3) is 10.6 Å². The van der Waals surface area contributed by atoms with Crippen LogP contribution in [0.15, 0.2) is 82.6 Å². The summed E-state index contributed by atoms with van der Waals surface area (Å²) in [6.45, 7) is 36.0. The molecule has 0 unspecified atom stereocenters. The Morgan fingerprint density at radius 3 is 1.20 bits per heavy atom. The van der Waals surface area contributed by atoms with E-state index in [1.54, 1.807) is 5.19 Å². The van der Waals surface area contributed by atoms with Crippen LogP contribution < -0.4 is 5.19 Å². The topological polar surface area (TPSA) is 28.2 Å². The van der Waals surface area contributed by atoms with Gasteiger partial charge in [0.2, 0.25) is 0 Å². The van der Waals surface area contributed by atoms with Crippen LogP contribution in [0.3, 0.4) is 0 Å². The molecule has 0 spiro atoms. The fraction of sp³-hybridized carbons (Fsp3) is 0.520. The fourth-order valence-corrected chi connectivity index (χ4v) is 14.1. The molecule has 0 heterocycles.